The average Bonchev–Trinajstić information content (AvgIpc) is 2.28. The van der Waals surface area contributed by atoms with E-state index in [1.54, 1.807) is 0 Å². The maximum atomic E-state index is 3.17. The van der Waals surface area contributed by atoms with Gasteiger partial charge < -0.3 is 10.9 Å². The quantitative estimate of drug-likeness (QED) is 0.757. The van der Waals surface area contributed by atoms with Crippen LogP contribution >= 0.6 is 0 Å². The lowest BCUT2D eigenvalue weighted by atomic mass is 10.2. The number of hydrazine groups is 1. The molecule has 2 aromatic carbocycles. The summed E-state index contributed by atoms with van der Waals surface area (Å²) in [6, 6.07) is 16.5. The zero-order valence-electron chi connectivity index (χ0n) is 9.62. The van der Waals surface area contributed by atoms with Crippen molar-refractivity contribution in [2.45, 2.75) is 13.8 Å². The number of rotatable bonds is 3. The summed E-state index contributed by atoms with van der Waals surface area (Å²) < 4.78 is 0. The molecule has 0 aliphatic carbocycles. The van der Waals surface area contributed by atoms with E-state index in [0.717, 1.165) is 11.4 Å². The SMILES string of the molecule is Cc1ccc(NNc2cccc(C)c2)cc1. The molecule has 0 aromatic heterocycles. The minimum Gasteiger partial charge on any atom is -0.301 e. The van der Waals surface area contributed by atoms with Crippen LogP contribution in [0.25, 0.3) is 0 Å². The fourth-order valence-corrected chi connectivity index (χ4v) is 1.50. The van der Waals surface area contributed by atoms with Gasteiger partial charge in [0, 0.05) is 0 Å². The van der Waals surface area contributed by atoms with Crippen molar-refractivity contribution < 1.29 is 0 Å². The summed E-state index contributed by atoms with van der Waals surface area (Å²) in [4.78, 5) is 0. The van der Waals surface area contributed by atoms with Gasteiger partial charge in [-0.05, 0) is 43.7 Å². The molecule has 82 valence electrons. The molecule has 0 saturated carbocycles. The van der Waals surface area contributed by atoms with Crippen molar-refractivity contribution in [1.82, 2.24) is 0 Å². The first-order valence-corrected chi connectivity index (χ1v) is 5.39. The van der Waals surface area contributed by atoms with Crippen molar-refractivity contribution in [3.8, 4) is 0 Å². The third-order valence-electron chi connectivity index (χ3n) is 2.42. The lowest BCUT2D eigenvalue weighted by molar-refractivity contribution is 1.37. The van der Waals surface area contributed by atoms with Crippen molar-refractivity contribution in [2.75, 3.05) is 10.9 Å². The van der Waals surface area contributed by atoms with Crippen molar-refractivity contribution in [1.29, 1.82) is 0 Å². The maximum absolute atomic E-state index is 3.17. The summed E-state index contributed by atoms with van der Waals surface area (Å²) in [5.41, 5.74) is 11.0. The monoisotopic (exact) mass is 212 g/mol. The molecule has 0 unspecified atom stereocenters. The van der Waals surface area contributed by atoms with E-state index in [-0.39, 0.29) is 0 Å². The van der Waals surface area contributed by atoms with E-state index in [4.69, 9.17) is 0 Å². The summed E-state index contributed by atoms with van der Waals surface area (Å²) in [7, 11) is 0. The number of hydrogen-bond donors (Lipinski definition) is 2. The number of aryl methyl sites for hydroxylation is 2. The Bertz CT molecular complexity index is 460. The van der Waals surface area contributed by atoms with Crippen LogP contribution in [0, 0.1) is 13.8 Å². The van der Waals surface area contributed by atoms with E-state index in [2.05, 4.69) is 61.1 Å². The van der Waals surface area contributed by atoms with Gasteiger partial charge in [-0.15, -0.1) is 0 Å². The molecular formula is C14H16N2. The highest BCUT2D eigenvalue weighted by atomic mass is 15.4. The zero-order chi connectivity index (χ0) is 11.4. The Morgan fingerprint density at radius 2 is 1.38 bits per heavy atom. The molecule has 0 amide bonds. The van der Waals surface area contributed by atoms with Gasteiger partial charge in [0.1, 0.15) is 0 Å². The maximum Gasteiger partial charge on any atom is 0.0542 e. The normalized spacial score (nSPS) is 9.88. The molecule has 0 spiro atoms. The molecule has 2 rings (SSSR count). The highest BCUT2D eigenvalue weighted by Crippen LogP contribution is 2.12. The van der Waals surface area contributed by atoms with Gasteiger partial charge in [-0.3, -0.25) is 0 Å². The fraction of sp³-hybridized carbons (Fsp3) is 0.143. The highest BCUT2D eigenvalue weighted by Gasteiger charge is 1.92. The van der Waals surface area contributed by atoms with E-state index in [9.17, 15) is 0 Å². The Kier molecular flexibility index (Phi) is 3.10. The number of nitrogens with one attached hydrogen (secondary N) is 2. The molecule has 0 bridgehead atoms. The van der Waals surface area contributed by atoms with E-state index in [1.807, 2.05) is 12.1 Å². The van der Waals surface area contributed by atoms with Crippen molar-refractivity contribution >= 4 is 11.4 Å². The van der Waals surface area contributed by atoms with Crippen LogP contribution in [0.4, 0.5) is 11.4 Å². The van der Waals surface area contributed by atoms with Gasteiger partial charge in [-0.2, -0.15) is 0 Å². The Hall–Kier alpha value is -1.96. The molecule has 2 N–H and O–H groups in total. The van der Waals surface area contributed by atoms with E-state index < -0.39 is 0 Å². The molecule has 2 aromatic rings. The summed E-state index contributed by atoms with van der Waals surface area (Å²) >= 11 is 0. The molecule has 0 saturated heterocycles. The summed E-state index contributed by atoms with van der Waals surface area (Å²) in [6.45, 7) is 4.16. The first-order chi connectivity index (χ1) is 7.74. The zero-order valence-corrected chi connectivity index (χ0v) is 9.62. The van der Waals surface area contributed by atoms with Gasteiger partial charge in [0.25, 0.3) is 0 Å². The average molecular weight is 212 g/mol. The molecule has 2 nitrogen and oxygen atoms in total. The van der Waals surface area contributed by atoms with Crippen LogP contribution in [-0.2, 0) is 0 Å². The molecule has 0 heterocycles. The smallest absolute Gasteiger partial charge is 0.0542 e. The molecule has 16 heavy (non-hydrogen) atoms. The third kappa shape index (κ3) is 2.76. The highest BCUT2D eigenvalue weighted by molar-refractivity contribution is 5.53. The van der Waals surface area contributed by atoms with Gasteiger partial charge in [0.15, 0.2) is 0 Å². The van der Waals surface area contributed by atoms with E-state index >= 15 is 0 Å². The third-order valence-corrected chi connectivity index (χ3v) is 2.42. The van der Waals surface area contributed by atoms with Crippen molar-refractivity contribution in [3.63, 3.8) is 0 Å². The van der Waals surface area contributed by atoms with Crippen LogP contribution in [0.1, 0.15) is 11.1 Å². The Balaban J connectivity index is 1.99. The predicted molar refractivity (Wildman–Crippen MR) is 69.6 cm³/mol. The minimum atomic E-state index is 1.06. The predicted octanol–water partition coefficient (Wildman–Crippen LogP) is 3.74. The second-order valence-corrected chi connectivity index (χ2v) is 3.99. The molecular weight excluding hydrogens is 196 g/mol. The summed E-state index contributed by atoms with van der Waals surface area (Å²) in [6.07, 6.45) is 0. The van der Waals surface area contributed by atoms with E-state index in [0.29, 0.717) is 0 Å². The second kappa shape index (κ2) is 4.71. The fourth-order valence-electron chi connectivity index (χ4n) is 1.50. The summed E-state index contributed by atoms with van der Waals surface area (Å²) in [5, 5.41) is 0. The first-order valence-electron chi connectivity index (χ1n) is 5.39. The van der Waals surface area contributed by atoms with Crippen LogP contribution in [0.2, 0.25) is 0 Å². The number of hydrogen-bond acceptors (Lipinski definition) is 2. The molecule has 0 atom stereocenters. The molecule has 2 heteroatoms. The standard InChI is InChI=1S/C14H16N2/c1-11-6-8-13(9-7-11)15-16-14-5-3-4-12(2)10-14/h3-10,15-16H,1-2H3. The van der Waals surface area contributed by atoms with Crippen LogP contribution in [0.3, 0.4) is 0 Å². The molecule has 0 fully saturated rings. The van der Waals surface area contributed by atoms with Gasteiger partial charge in [0.05, 0.1) is 11.4 Å². The van der Waals surface area contributed by atoms with Gasteiger partial charge in [0.2, 0.25) is 0 Å². The van der Waals surface area contributed by atoms with Crippen LogP contribution in [0.5, 0.6) is 0 Å². The topological polar surface area (TPSA) is 24.1 Å². The number of anilines is 2. The first kappa shape index (κ1) is 10.6. The van der Waals surface area contributed by atoms with Gasteiger partial charge in [-0.1, -0.05) is 29.8 Å². The van der Waals surface area contributed by atoms with Crippen LogP contribution in [-0.4, -0.2) is 0 Å². The van der Waals surface area contributed by atoms with Crippen molar-refractivity contribution in [3.05, 3.63) is 59.7 Å². The van der Waals surface area contributed by atoms with Crippen LogP contribution < -0.4 is 10.9 Å². The van der Waals surface area contributed by atoms with Gasteiger partial charge >= 0.3 is 0 Å². The molecule has 0 aliphatic heterocycles. The number of benzene rings is 2. The second-order valence-electron chi connectivity index (χ2n) is 3.99. The van der Waals surface area contributed by atoms with Crippen LogP contribution in [0.15, 0.2) is 48.5 Å². The Morgan fingerprint density at radius 3 is 2.06 bits per heavy atom. The van der Waals surface area contributed by atoms with Crippen molar-refractivity contribution in [2.24, 2.45) is 0 Å². The molecule has 0 radical (unpaired) electrons. The minimum absolute atomic E-state index is 1.06. The molecule has 0 aliphatic rings. The lowest BCUT2D eigenvalue weighted by Crippen LogP contribution is -2.08. The van der Waals surface area contributed by atoms with E-state index in [1.165, 1.54) is 11.1 Å². The lowest BCUT2D eigenvalue weighted by Gasteiger charge is -2.10. The van der Waals surface area contributed by atoms with Gasteiger partial charge in [-0.25, -0.2) is 0 Å². The largest absolute Gasteiger partial charge is 0.301 e. The Morgan fingerprint density at radius 1 is 0.688 bits per heavy atom. The summed E-state index contributed by atoms with van der Waals surface area (Å²) in [5.74, 6) is 0. The Labute approximate surface area is 96.3 Å².